The van der Waals surface area contributed by atoms with Gasteiger partial charge in [0, 0.05) is 18.9 Å². The number of nitrogens with zero attached hydrogens (tertiary/aromatic N) is 3. The third kappa shape index (κ3) is 2.53. The van der Waals surface area contributed by atoms with E-state index in [9.17, 15) is 0 Å². The van der Waals surface area contributed by atoms with Gasteiger partial charge in [-0.1, -0.05) is 11.6 Å². The first-order valence-electron chi connectivity index (χ1n) is 4.70. The molecule has 0 aliphatic heterocycles. The van der Waals surface area contributed by atoms with Crippen LogP contribution in [0.5, 0.6) is 0 Å². The lowest BCUT2D eigenvalue weighted by Crippen LogP contribution is -2.07. The number of hydrogen-bond donors (Lipinski definition) is 1. The highest BCUT2D eigenvalue weighted by molar-refractivity contribution is 14.1. The Labute approximate surface area is 112 Å². The molecule has 0 aromatic carbocycles. The molecule has 2 rings (SSSR count). The van der Waals surface area contributed by atoms with Gasteiger partial charge in [-0.2, -0.15) is 5.10 Å². The Morgan fingerprint density at radius 1 is 1.50 bits per heavy atom. The van der Waals surface area contributed by atoms with Gasteiger partial charge in [0.25, 0.3) is 0 Å². The number of nitrogens with one attached hydrogen (secondary N) is 1. The van der Waals surface area contributed by atoms with E-state index in [1.54, 1.807) is 17.1 Å². The van der Waals surface area contributed by atoms with Gasteiger partial charge in [0.15, 0.2) is 5.82 Å². The molecular formula is C10H10ClIN4. The zero-order valence-corrected chi connectivity index (χ0v) is 11.5. The first-order chi connectivity index (χ1) is 7.70. The summed E-state index contributed by atoms with van der Waals surface area (Å²) in [6.07, 6.45) is 5.35. The molecule has 0 fully saturated rings. The molecule has 0 aliphatic carbocycles. The molecule has 0 saturated carbocycles. The van der Waals surface area contributed by atoms with E-state index in [0.29, 0.717) is 11.6 Å². The predicted octanol–water partition coefficient (Wildman–Crippen LogP) is 2.24. The van der Waals surface area contributed by atoms with Crippen molar-refractivity contribution in [2.24, 2.45) is 0 Å². The number of aromatic nitrogens is 3. The number of halogens is 2. The van der Waals surface area contributed by atoms with Gasteiger partial charge in [0.2, 0.25) is 0 Å². The minimum atomic E-state index is 0.667. The summed E-state index contributed by atoms with van der Waals surface area (Å²) in [4.78, 5) is 4.24. The summed E-state index contributed by atoms with van der Waals surface area (Å²) < 4.78 is 2.81. The Balaban J connectivity index is 2.39. The van der Waals surface area contributed by atoms with Crippen LogP contribution in [-0.2, 0) is 6.54 Å². The lowest BCUT2D eigenvalue weighted by atomic mass is 10.2. The monoisotopic (exact) mass is 348 g/mol. The summed E-state index contributed by atoms with van der Waals surface area (Å²) in [5.41, 5.74) is 1.01. The largest absolute Gasteiger partial charge is 0.316 e. The summed E-state index contributed by atoms with van der Waals surface area (Å²) in [5, 5.41) is 7.93. The smallest absolute Gasteiger partial charge is 0.153 e. The van der Waals surface area contributed by atoms with E-state index >= 15 is 0 Å². The number of rotatable bonds is 3. The van der Waals surface area contributed by atoms with Gasteiger partial charge < -0.3 is 5.32 Å². The van der Waals surface area contributed by atoms with Crippen LogP contribution in [0.25, 0.3) is 5.82 Å². The van der Waals surface area contributed by atoms with E-state index in [1.165, 1.54) is 0 Å². The second-order valence-corrected chi connectivity index (χ2v) is 4.92. The molecule has 0 aliphatic rings. The van der Waals surface area contributed by atoms with Crippen molar-refractivity contribution in [3.8, 4) is 5.82 Å². The Hall–Kier alpha value is -0.660. The van der Waals surface area contributed by atoms with Crippen molar-refractivity contribution < 1.29 is 0 Å². The normalized spacial score (nSPS) is 10.7. The predicted molar refractivity (Wildman–Crippen MR) is 71.8 cm³/mol. The number of hydrogen-bond acceptors (Lipinski definition) is 3. The van der Waals surface area contributed by atoms with Gasteiger partial charge >= 0.3 is 0 Å². The minimum absolute atomic E-state index is 0.667. The Kier molecular flexibility index (Phi) is 3.78. The van der Waals surface area contributed by atoms with E-state index < -0.39 is 0 Å². The van der Waals surface area contributed by atoms with E-state index in [-0.39, 0.29) is 0 Å². The molecule has 6 heteroatoms. The lowest BCUT2D eigenvalue weighted by molar-refractivity contribution is 0.801. The van der Waals surface area contributed by atoms with E-state index in [1.807, 2.05) is 19.3 Å². The second-order valence-electron chi connectivity index (χ2n) is 3.27. The molecule has 1 N–H and O–H groups in total. The van der Waals surface area contributed by atoms with Crippen molar-refractivity contribution in [3.63, 3.8) is 0 Å². The van der Waals surface area contributed by atoms with Gasteiger partial charge in [-0.05, 0) is 41.3 Å². The van der Waals surface area contributed by atoms with E-state index in [4.69, 9.17) is 11.6 Å². The van der Waals surface area contributed by atoms with Gasteiger partial charge in [0.05, 0.1) is 14.8 Å². The molecule has 16 heavy (non-hydrogen) atoms. The highest BCUT2D eigenvalue weighted by atomic mass is 127. The molecule has 0 spiro atoms. The molecule has 0 amide bonds. The summed E-state index contributed by atoms with van der Waals surface area (Å²) >= 11 is 8.24. The van der Waals surface area contributed by atoms with Crippen LogP contribution in [0.3, 0.4) is 0 Å². The molecule has 0 radical (unpaired) electrons. The molecule has 4 nitrogen and oxygen atoms in total. The fraction of sp³-hybridized carbons (Fsp3) is 0.200. The van der Waals surface area contributed by atoms with Crippen LogP contribution in [0.2, 0.25) is 5.02 Å². The molecule has 0 saturated heterocycles. The topological polar surface area (TPSA) is 42.7 Å². The fourth-order valence-electron chi connectivity index (χ4n) is 1.35. The third-order valence-electron chi connectivity index (χ3n) is 2.07. The Morgan fingerprint density at radius 2 is 2.31 bits per heavy atom. The maximum Gasteiger partial charge on any atom is 0.153 e. The molecule has 2 aromatic rings. The summed E-state index contributed by atoms with van der Waals surface area (Å²) in [6.45, 7) is 0.715. The molecule has 2 heterocycles. The van der Waals surface area contributed by atoms with E-state index in [0.717, 1.165) is 15.0 Å². The summed E-state index contributed by atoms with van der Waals surface area (Å²) in [7, 11) is 1.88. The van der Waals surface area contributed by atoms with Crippen LogP contribution in [-0.4, -0.2) is 21.8 Å². The SMILES string of the molecule is CNCc1cc(-n2cc(I)cn2)ncc1Cl. The minimum Gasteiger partial charge on any atom is -0.316 e. The first-order valence-corrected chi connectivity index (χ1v) is 6.16. The lowest BCUT2D eigenvalue weighted by Gasteiger charge is -2.06. The Bertz CT molecular complexity index is 497. The zero-order valence-electron chi connectivity index (χ0n) is 8.61. The molecule has 0 unspecified atom stereocenters. The van der Waals surface area contributed by atoms with Gasteiger partial charge in [-0.3, -0.25) is 0 Å². The highest BCUT2D eigenvalue weighted by Gasteiger charge is 2.05. The van der Waals surface area contributed by atoms with Crippen molar-refractivity contribution in [2.75, 3.05) is 7.05 Å². The van der Waals surface area contributed by atoms with Crippen molar-refractivity contribution in [3.05, 3.63) is 38.8 Å². The van der Waals surface area contributed by atoms with Crippen LogP contribution in [0.15, 0.2) is 24.7 Å². The van der Waals surface area contributed by atoms with Crippen molar-refractivity contribution >= 4 is 34.2 Å². The first kappa shape index (κ1) is 11.8. The highest BCUT2D eigenvalue weighted by Crippen LogP contribution is 2.17. The maximum atomic E-state index is 6.03. The molecule has 2 aromatic heterocycles. The summed E-state index contributed by atoms with van der Waals surface area (Å²) in [6, 6.07) is 1.93. The average molecular weight is 349 g/mol. The van der Waals surface area contributed by atoms with Gasteiger partial charge in [-0.15, -0.1) is 0 Å². The van der Waals surface area contributed by atoms with Crippen LogP contribution in [0.1, 0.15) is 5.56 Å². The van der Waals surface area contributed by atoms with Crippen LogP contribution >= 0.6 is 34.2 Å². The fourth-order valence-corrected chi connectivity index (χ4v) is 1.90. The molecule has 84 valence electrons. The van der Waals surface area contributed by atoms with Crippen LogP contribution < -0.4 is 5.32 Å². The standard InChI is InChI=1S/C10H10ClIN4/c1-13-3-7-2-10(14-5-9(7)11)16-6-8(12)4-15-16/h2,4-6,13H,3H2,1H3. The molecule has 0 bridgehead atoms. The van der Waals surface area contributed by atoms with Gasteiger partial charge in [0.1, 0.15) is 0 Å². The zero-order chi connectivity index (χ0) is 11.5. The van der Waals surface area contributed by atoms with E-state index in [2.05, 4.69) is 38.0 Å². The quantitative estimate of drug-likeness (QED) is 0.865. The maximum absolute atomic E-state index is 6.03. The number of pyridine rings is 1. The van der Waals surface area contributed by atoms with Crippen LogP contribution in [0.4, 0.5) is 0 Å². The van der Waals surface area contributed by atoms with Crippen molar-refractivity contribution in [2.45, 2.75) is 6.54 Å². The molecule has 0 atom stereocenters. The average Bonchev–Trinajstić information content (AvgIpc) is 2.69. The van der Waals surface area contributed by atoms with Gasteiger partial charge in [-0.25, -0.2) is 9.67 Å². The second kappa shape index (κ2) is 5.11. The molecular weight excluding hydrogens is 338 g/mol. The summed E-state index contributed by atoms with van der Waals surface area (Å²) in [5.74, 6) is 0.776. The Morgan fingerprint density at radius 3 is 2.94 bits per heavy atom. The third-order valence-corrected chi connectivity index (χ3v) is 2.97. The van der Waals surface area contributed by atoms with Crippen LogP contribution in [0, 0.1) is 3.57 Å². The van der Waals surface area contributed by atoms with Crippen molar-refractivity contribution in [1.29, 1.82) is 0 Å². The van der Waals surface area contributed by atoms with Crippen molar-refractivity contribution in [1.82, 2.24) is 20.1 Å².